The molecule has 0 bridgehead atoms. The Labute approximate surface area is 177 Å². The third kappa shape index (κ3) is 5.06. The Bertz CT molecular complexity index is 737. The Balaban J connectivity index is 2.16. The molecule has 1 unspecified atom stereocenters. The van der Waals surface area contributed by atoms with Gasteiger partial charge in [-0.1, -0.05) is 46.3 Å². The largest absolute Gasteiger partial charge is 0.465 e. The van der Waals surface area contributed by atoms with E-state index in [2.05, 4.69) is 21.2 Å². The highest BCUT2D eigenvalue weighted by atomic mass is 79.9. The van der Waals surface area contributed by atoms with Crippen molar-refractivity contribution in [3.05, 3.63) is 35.9 Å². The molecule has 2 atom stereocenters. The highest BCUT2D eigenvalue weighted by molar-refractivity contribution is 9.09. The summed E-state index contributed by atoms with van der Waals surface area (Å²) < 4.78 is 20.9. The van der Waals surface area contributed by atoms with Crippen molar-refractivity contribution in [2.75, 3.05) is 26.2 Å². The van der Waals surface area contributed by atoms with Crippen molar-refractivity contribution in [2.45, 2.75) is 37.9 Å². The molecule has 0 radical (unpaired) electrons. The number of amides is 2. The Morgan fingerprint density at radius 2 is 1.93 bits per heavy atom. The zero-order valence-corrected chi connectivity index (χ0v) is 18.4. The van der Waals surface area contributed by atoms with Crippen molar-refractivity contribution in [1.29, 1.82) is 0 Å². The predicted molar refractivity (Wildman–Crippen MR) is 106 cm³/mol. The molecule has 1 saturated heterocycles. The lowest BCUT2D eigenvalue weighted by Crippen LogP contribution is -2.63. The van der Waals surface area contributed by atoms with Crippen molar-refractivity contribution in [1.82, 2.24) is 10.2 Å². The predicted octanol–water partition coefficient (Wildman–Crippen LogP) is 1.79. The van der Waals surface area contributed by atoms with Crippen LogP contribution in [0, 0.1) is 0 Å². The van der Waals surface area contributed by atoms with Crippen molar-refractivity contribution in [2.24, 2.45) is 0 Å². The first-order valence-electron chi connectivity index (χ1n) is 8.86. The van der Waals surface area contributed by atoms with E-state index in [4.69, 9.17) is 18.9 Å². The molecule has 0 aliphatic carbocycles. The fourth-order valence-electron chi connectivity index (χ4n) is 2.91. The number of esters is 1. The van der Waals surface area contributed by atoms with E-state index in [-0.39, 0.29) is 18.5 Å². The maximum absolute atomic E-state index is 12.9. The van der Waals surface area contributed by atoms with E-state index >= 15 is 0 Å². The summed E-state index contributed by atoms with van der Waals surface area (Å²) in [5.41, 5.74) is -2.01. The molecule has 1 heterocycles. The number of nitrogens with one attached hydrogen (secondary N) is 1. The molecule has 2 rings (SSSR count). The molecule has 0 aromatic heterocycles. The summed E-state index contributed by atoms with van der Waals surface area (Å²) in [4.78, 5) is 39.0. The van der Waals surface area contributed by atoms with E-state index in [1.165, 1.54) is 19.1 Å². The Hall–Kier alpha value is -2.17. The molecule has 10 heteroatoms. The topological polar surface area (TPSA) is 103 Å². The van der Waals surface area contributed by atoms with Gasteiger partial charge in [-0.3, -0.25) is 9.69 Å². The number of ether oxygens (including phenoxy) is 4. The summed E-state index contributed by atoms with van der Waals surface area (Å²) in [6, 6.07) is 8.15. The molecule has 1 fully saturated rings. The number of carbonyl (C=O) groups excluding carboxylic acids is 3. The highest BCUT2D eigenvalue weighted by Gasteiger charge is 2.51. The maximum atomic E-state index is 12.9. The van der Waals surface area contributed by atoms with Crippen LogP contribution in [0.2, 0.25) is 0 Å². The number of hydrogen-bond acceptors (Lipinski definition) is 7. The van der Waals surface area contributed by atoms with Crippen LogP contribution in [-0.4, -0.2) is 66.5 Å². The first kappa shape index (κ1) is 23.1. The van der Waals surface area contributed by atoms with Gasteiger partial charge in [0.05, 0.1) is 19.0 Å². The summed E-state index contributed by atoms with van der Waals surface area (Å²) in [6.07, 6.45) is -0.712. The van der Waals surface area contributed by atoms with Gasteiger partial charge in [-0.05, 0) is 19.4 Å². The van der Waals surface area contributed by atoms with E-state index in [1.54, 1.807) is 13.8 Å². The van der Waals surface area contributed by atoms with Crippen LogP contribution in [-0.2, 0) is 35.1 Å². The molecule has 1 aliphatic rings. The minimum absolute atomic E-state index is 0.0478. The fraction of sp³-hybridized carbons (Fsp3) is 0.526. The Kier molecular flexibility index (Phi) is 7.61. The van der Waals surface area contributed by atoms with E-state index in [0.29, 0.717) is 0 Å². The van der Waals surface area contributed by atoms with Gasteiger partial charge >= 0.3 is 12.1 Å². The van der Waals surface area contributed by atoms with Crippen molar-refractivity contribution < 1.29 is 33.3 Å². The second-order valence-corrected chi connectivity index (χ2v) is 7.39. The third-order valence-electron chi connectivity index (χ3n) is 4.57. The summed E-state index contributed by atoms with van der Waals surface area (Å²) in [6.45, 7) is 3.28. The minimum Gasteiger partial charge on any atom is -0.465 e. The number of hydrogen-bond donors (Lipinski definition) is 1. The van der Waals surface area contributed by atoms with Crippen LogP contribution in [0.5, 0.6) is 0 Å². The molecule has 1 aromatic carbocycles. The van der Waals surface area contributed by atoms with Crippen molar-refractivity contribution in [3.8, 4) is 0 Å². The van der Waals surface area contributed by atoms with Crippen LogP contribution in [0.15, 0.2) is 30.3 Å². The lowest BCUT2D eigenvalue weighted by atomic mass is 10.2. The van der Waals surface area contributed by atoms with Gasteiger partial charge in [-0.2, -0.15) is 0 Å². The number of methoxy groups -OCH3 is 2. The molecule has 2 amide bonds. The van der Waals surface area contributed by atoms with Gasteiger partial charge in [-0.25, -0.2) is 9.59 Å². The van der Waals surface area contributed by atoms with Crippen LogP contribution in [0.1, 0.15) is 19.4 Å². The van der Waals surface area contributed by atoms with Crippen LogP contribution in [0.4, 0.5) is 4.79 Å². The van der Waals surface area contributed by atoms with E-state index in [9.17, 15) is 14.4 Å². The zero-order chi connectivity index (χ0) is 21.7. The fourth-order valence-corrected chi connectivity index (χ4v) is 3.50. The first-order chi connectivity index (χ1) is 13.7. The smallest absolute Gasteiger partial charge is 0.413 e. The van der Waals surface area contributed by atoms with Gasteiger partial charge in [0, 0.05) is 7.11 Å². The molecule has 9 nitrogen and oxygen atoms in total. The number of rotatable bonds is 7. The van der Waals surface area contributed by atoms with Gasteiger partial charge in [0.15, 0.2) is 0 Å². The van der Waals surface area contributed by atoms with E-state index in [0.717, 1.165) is 5.56 Å². The summed E-state index contributed by atoms with van der Waals surface area (Å²) in [5, 5.41) is 2.46. The van der Waals surface area contributed by atoms with Gasteiger partial charge in [0.1, 0.15) is 18.4 Å². The Morgan fingerprint density at radius 3 is 2.48 bits per heavy atom. The summed E-state index contributed by atoms with van der Waals surface area (Å²) in [7, 11) is 2.44. The van der Waals surface area contributed by atoms with Crippen LogP contribution in [0.25, 0.3) is 0 Å². The SMILES string of the molecule is COC(=O)C(CBr)(NC(=O)[C@@H]1COC(C)(C)N1C(=O)OCc1ccccc1)OC. The van der Waals surface area contributed by atoms with Gasteiger partial charge < -0.3 is 24.3 Å². The number of alkyl halides is 1. The van der Waals surface area contributed by atoms with Crippen molar-refractivity contribution in [3.63, 3.8) is 0 Å². The third-order valence-corrected chi connectivity index (χ3v) is 5.36. The molecule has 1 aromatic rings. The number of halogens is 1. The van der Waals surface area contributed by atoms with Crippen molar-refractivity contribution >= 4 is 33.9 Å². The first-order valence-corrected chi connectivity index (χ1v) is 9.98. The van der Waals surface area contributed by atoms with Crippen LogP contribution < -0.4 is 5.32 Å². The van der Waals surface area contributed by atoms with Crippen LogP contribution in [0.3, 0.4) is 0 Å². The minimum atomic E-state index is -1.74. The lowest BCUT2D eigenvalue weighted by molar-refractivity contribution is -0.170. The normalized spacial score (nSPS) is 19.9. The summed E-state index contributed by atoms with van der Waals surface area (Å²) in [5.74, 6) is -1.43. The second-order valence-electron chi connectivity index (χ2n) is 6.83. The molecular weight excluding hydrogens is 448 g/mol. The average Bonchev–Trinajstić information content (AvgIpc) is 3.05. The highest BCUT2D eigenvalue weighted by Crippen LogP contribution is 2.29. The number of carbonyl (C=O) groups is 3. The Morgan fingerprint density at radius 1 is 1.28 bits per heavy atom. The molecule has 1 N–H and O–H groups in total. The lowest BCUT2D eigenvalue weighted by Gasteiger charge is -2.34. The molecular formula is C19H25BrN2O7. The molecule has 1 aliphatic heterocycles. The van der Waals surface area contributed by atoms with Gasteiger partial charge in [0.25, 0.3) is 0 Å². The van der Waals surface area contributed by atoms with Crippen LogP contribution >= 0.6 is 15.9 Å². The summed E-state index contributed by atoms with van der Waals surface area (Å²) >= 11 is 3.15. The second kappa shape index (κ2) is 9.55. The maximum Gasteiger partial charge on any atom is 0.413 e. The molecule has 160 valence electrons. The van der Waals surface area contributed by atoms with E-state index in [1.807, 2.05) is 30.3 Å². The average molecular weight is 473 g/mol. The van der Waals surface area contributed by atoms with Gasteiger partial charge in [0.2, 0.25) is 11.6 Å². The quantitative estimate of drug-likeness (QED) is 0.366. The molecule has 29 heavy (non-hydrogen) atoms. The molecule has 0 spiro atoms. The standard InChI is InChI=1S/C19H25BrN2O7/c1-18(2)22(17(25)28-10-13-8-6-5-7-9-13)14(11-29-18)15(23)21-19(12-20,27-4)16(24)26-3/h5-9,14H,10-12H2,1-4H3,(H,21,23)/t14-,19?/m0/s1. The monoisotopic (exact) mass is 472 g/mol. The van der Waals surface area contributed by atoms with E-state index < -0.39 is 35.5 Å². The number of nitrogens with zero attached hydrogens (tertiary/aromatic N) is 1. The van der Waals surface area contributed by atoms with Gasteiger partial charge in [-0.15, -0.1) is 0 Å². The molecule has 0 saturated carbocycles. The zero-order valence-electron chi connectivity index (χ0n) is 16.8. The number of benzene rings is 1.